The van der Waals surface area contributed by atoms with E-state index in [4.69, 9.17) is 0 Å². The first-order valence-electron chi connectivity index (χ1n) is 8.50. The highest BCUT2D eigenvalue weighted by Crippen LogP contribution is 2.17. The van der Waals surface area contributed by atoms with Crippen LogP contribution in [0.25, 0.3) is 0 Å². The van der Waals surface area contributed by atoms with Crippen molar-refractivity contribution in [1.82, 2.24) is 10.6 Å². The molecule has 2 aromatic rings. The number of hydrogen-bond donors (Lipinski definition) is 2. The van der Waals surface area contributed by atoms with Gasteiger partial charge in [-0.3, -0.25) is 4.99 Å². The van der Waals surface area contributed by atoms with Gasteiger partial charge in [-0.15, -0.1) is 0 Å². The van der Waals surface area contributed by atoms with Crippen LogP contribution < -0.4 is 15.5 Å². The number of halogens is 1. The van der Waals surface area contributed by atoms with E-state index < -0.39 is 0 Å². The van der Waals surface area contributed by atoms with E-state index in [2.05, 4.69) is 44.8 Å². The molecule has 0 aliphatic heterocycles. The Kier molecular flexibility index (Phi) is 7.78. The summed E-state index contributed by atoms with van der Waals surface area (Å²) in [6.45, 7) is 1.29. The van der Waals surface area contributed by atoms with E-state index in [9.17, 15) is 4.39 Å². The molecule has 26 heavy (non-hydrogen) atoms. The quantitative estimate of drug-likeness (QED) is 0.574. The molecular formula is C20H27FN4S. The van der Waals surface area contributed by atoms with Crippen molar-refractivity contribution in [2.45, 2.75) is 18.8 Å². The Morgan fingerprint density at radius 3 is 2.54 bits per heavy atom. The molecular weight excluding hydrogens is 347 g/mol. The molecule has 0 heterocycles. The van der Waals surface area contributed by atoms with Crippen molar-refractivity contribution in [3.63, 3.8) is 0 Å². The second-order valence-corrected chi connectivity index (χ2v) is 7.06. The lowest BCUT2D eigenvalue weighted by atomic mass is 10.1. The van der Waals surface area contributed by atoms with Crippen LogP contribution in [-0.4, -0.2) is 33.4 Å². The third-order valence-electron chi connectivity index (χ3n) is 4.02. The number of aliphatic imine (C=N–C) groups is 1. The van der Waals surface area contributed by atoms with Crippen LogP contribution in [0.1, 0.15) is 16.7 Å². The Morgan fingerprint density at radius 1 is 1.08 bits per heavy atom. The van der Waals surface area contributed by atoms with Crippen LogP contribution in [0.4, 0.5) is 10.1 Å². The van der Waals surface area contributed by atoms with Gasteiger partial charge in [0.25, 0.3) is 0 Å². The average molecular weight is 375 g/mol. The molecule has 0 saturated heterocycles. The number of nitrogens with zero attached hydrogens (tertiary/aromatic N) is 2. The second-order valence-electron chi connectivity index (χ2n) is 6.19. The first kappa shape index (κ1) is 20.1. The normalized spacial score (nSPS) is 11.3. The number of anilines is 1. The summed E-state index contributed by atoms with van der Waals surface area (Å²) in [5, 5.41) is 6.63. The largest absolute Gasteiger partial charge is 0.378 e. The molecule has 0 saturated carbocycles. The van der Waals surface area contributed by atoms with E-state index in [1.165, 1.54) is 17.3 Å². The minimum atomic E-state index is -0.193. The van der Waals surface area contributed by atoms with Gasteiger partial charge in [-0.05, 0) is 47.2 Å². The van der Waals surface area contributed by atoms with Crippen molar-refractivity contribution < 1.29 is 4.39 Å². The van der Waals surface area contributed by atoms with Gasteiger partial charge in [-0.2, -0.15) is 11.8 Å². The highest BCUT2D eigenvalue weighted by molar-refractivity contribution is 7.97. The van der Waals surface area contributed by atoms with Gasteiger partial charge >= 0.3 is 0 Å². The maximum Gasteiger partial charge on any atom is 0.191 e. The van der Waals surface area contributed by atoms with E-state index >= 15 is 0 Å². The van der Waals surface area contributed by atoms with Crippen LogP contribution in [0.3, 0.4) is 0 Å². The van der Waals surface area contributed by atoms with E-state index in [0.29, 0.717) is 13.1 Å². The maximum atomic E-state index is 13.5. The summed E-state index contributed by atoms with van der Waals surface area (Å²) in [7, 11) is 5.81. The fourth-order valence-corrected chi connectivity index (χ4v) is 3.17. The molecule has 4 nitrogen and oxygen atoms in total. The van der Waals surface area contributed by atoms with Crippen LogP contribution in [0, 0.1) is 5.82 Å². The molecule has 0 atom stereocenters. The highest BCUT2D eigenvalue weighted by atomic mass is 32.2. The summed E-state index contributed by atoms with van der Waals surface area (Å²) in [6, 6.07) is 13.3. The summed E-state index contributed by atoms with van der Waals surface area (Å²) in [6.07, 6.45) is 2.02. The minimum Gasteiger partial charge on any atom is -0.378 e. The van der Waals surface area contributed by atoms with E-state index in [-0.39, 0.29) is 5.82 Å². The summed E-state index contributed by atoms with van der Waals surface area (Å²) < 4.78 is 13.5. The van der Waals surface area contributed by atoms with Crippen molar-refractivity contribution in [1.29, 1.82) is 0 Å². The van der Waals surface area contributed by atoms with Crippen molar-refractivity contribution in [3.8, 4) is 0 Å². The molecule has 0 aromatic heterocycles. The van der Waals surface area contributed by atoms with E-state index in [1.807, 2.05) is 26.4 Å². The molecule has 0 spiro atoms. The molecule has 2 N–H and O–H groups in total. The van der Waals surface area contributed by atoms with Crippen molar-refractivity contribution in [2.24, 2.45) is 4.99 Å². The fraction of sp³-hybridized carbons (Fsp3) is 0.350. The molecule has 0 radical (unpaired) electrons. The van der Waals surface area contributed by atoms with E-state index in [1.54, 1.807) is 24.9 Å². The average Bonchev–Trinajstić information content (AvgIpc) is 2.63. The van der Waals surface area contributed by atoms with Gasteiger partial charge in [-0.1, -0.05) is 18.2 Å². The second kappa shape index (κ2) is 10.1. The van der Waals surface area contributed by atoms with Crippen molar-refractivity contribution in [3.05, 3.63) is 65.0 Å². The van der Waals surface area contributed by atoms with Crippen LogP contribution in [0.15, 0.2) is 47.5 Å². The van der Waals surface area contributed by atoms with Gasteiger partial charge in [-0.25, -0.2) is 4.39 Å². The Hall–Kier alpha value is -2.21. The predicted molar refractivity (Wildman–Crippen MR) is 111 cm³/mol. The lowest BCUT2D eigenvalue weighted by Gasteiger charge is -2.16. The molecule has 0 amide bonds. The Morgan fingerprint density at radius 2 is 1.85 bits per heavy atom. The zero-order chi connectivity index (χ0) is 18.9. The third-order valence-corrected chi connectivity index (χ3v) is 4.62. The standard InChI is InChI=1S/C20H27FN4S/c1-22-20(23-12-15-6-5-7-19(10-15)25(2)3)24-13-16-8-9-18(21)11-17(16)14-26-4/h5-11H,12-14H2,1-4H3,(H2,22,23,24). The SMILES string of the molecule is CN=C(NCc1cccc(N(C)C)c1)NCc1ccc(F)cc1CSC. The van der Waals surface area contributed by atoms with Gasteiger partial charge in [0.2, 0.25) is 0 Å². The smallest absolute Gasteiger partial charge is 0.191 e. The molecule has 140 valence electrons. The monoisotopic (exact) mass is 374 g/mol. The van der Waals surface area contributed by atoms with Gasteiger partial charge in [0.05, 0.1) is 0 Å². The van der Waals surface area contributed by atoms with Crippen molar-refractivity contribution in [2.75, 3.05) is 32.3 Å². The summed E-state index contributed by atoms with van der Waals surface area (Å²) >= 11 is 1.68. The maximum absolute atomic E-state index is 13.5. The van der Waals surface area contributed by atoms with E-state index in [0.717, 1.165) is 22.8 Å². The van der Waals surface area contributed by atoms with Crippen LogP contribution in [0.5, 0.6) is 0 Å². The Bertz CT molecular complexity index is 746. The molecule has 6 heteroatoms. The number of thioether (sulfide) groups is 1. The molecule has 0 aliphatic rings. The van der Waals surface area contributed by atoms with Gasteiger partial charge in [0.1, 0.15) is 5.82 Å². The van der Waals surface area contributed by atoms with Gasteiger partial charge in [0.15, 0.2) is 5.96 Å². The highest BCUT2D eigenvalue weighted by Gasteiger charge is 2.06. The van der Waals surface area contributed by atoms with Gasteiger partial charge < -0.3 is 15.5 Å². The van der Waals surface area contributed by atoms with Crippen molar-refractivity contribution >= 4 is 23.4 Å². The minimum absolute atomic E-state index is 0.193. The van der Waals surface area contributed by atoms with Crippen LogP contribution in [0.2, 0.25) is 0 Å². The predicted octanol–water partition coefficient (Wildman–Crippen LogP) is 3.62. The number of guanidine groups is 1. The Labute approximate surface area is 159 Å². The summed E-state index contributed by atoms with van der Waals surface area (Å²) in [5.41, 5.74) is 4.45. The first-order valence-corrected chi connectivity index (χ1v) is 9.90. The lowest BCUT2D eigenvalue weighted by molar-refractivity contribution is 0.625. The molecule has 2 rings (SSSR count). The molecule has 0 aliphatic carbocycles. The molecule has 0 bridgehead atoms. The first-order chi connectivity index (χ1) is 12.5. The number of benzene rings is 2. The summed E-state index contributed by atoms with van der Waals surface area (Å²) in [4.78, 5) is 6.36. The zero-order valence-corrected chi connectivity index (χ0v) is 16.7. The summed E-state index contributed by atoms with van der Waals surface area (Å²) in [5.74, 6) is 1.32. The molecule has 0 unspecified atom stereocenters. The third kappa shape index (κ3) is 5.95. The Balaban J connectivity index is 1.95. The molecule has 2 aromatic carbocycles. The fourth-order valence-electron chi connectivity index (χ4n) is 2.59. The number of rotatable bonds is 7. The number of hydrogen-bond acceptors (Lipinski definition) is 3. The van der Waals surface area contributed by atoms with Gasteiger partial charge in [0, 0.05) is 45.7 Å². The number of nitrogens with one attached hydrogen (secondary N) is 2. The zero-order valence-electron chi connectivity index (χ0n) is 15.8. The topological polar surface area (TPSA) is 39.7 Å². The molecule has 0 fully saturated rings. The lowest BCUT2D eigenvalue weighted by Crippen LogP contribution is -2.36. The van der Waals surface area contributed by atoms with Crippen LogP contribution in [-0.2, 0) is 18.8 Å². The van der Waals surface area contributed by atoms with Crippen LogP contribution >= 0.6 is 11.8 Å².